The standard InChI is InChI=1S/C11H14F3NO/c12-11(13,14)10(15)7-4-8-16-9-5-2-1-3-6-9/h1-3,5-6,10H,4,7-8,15H2. The average Bonchev–Trinajstić information content (AvgIpc) is 2.24. The maximum atomic E-state index is 12.0. The summed E-state index contributed by atoms with van der Waals surface area (Å²) in [5, 5.41) is 0. The number of benzene rings is 1. The highest BCUT2D eigenvalue weighted by molar-refractivity contribution is 5.20. The van der Waals surface area contributed by atoms with E-state index < -0.39 is 12.2 Å². The lowest BCUT2D eigenvalue weighted by molar-refractivity contribution is -0.149. The maximum absolute atomic E-state index is 12.0. The summed E-state index contributed by atoms with van der Waals surface area (Å²) in [6.07, 6.45) is -4.14. The molecule has 1 unspecified atom stereocenters. The van der Waals surface area contributed by atoms with Crippen LogP contribution in [0.4, 0.5) is 13.2 Å². The van der Waals surface area contributed by atoms with Crippen molar-refractivity contribution in [3.05, 3.63) is 30.3 Å². The number of hydrogen-bond donors (Lipinski definition) is 1. The van der Waals surface area contributed by atoms with Crippen molar-refractivity contribution in [3.63, 3.8) is 0 Å². The Balaban J connectivity index is 2.18. The fourth-order valence-corrected chi connectivity index (χ4v) is 1.17. The van der Waals surface area contributed by atoms with Gasteiger partial charge in [-0.2, -0.15) is 13.2 Å². The Kier molecular flexibility index (Phi) is 4.61. The summed E-state index contributed by atoms with van der Waals surface area (Å²) in [6, 6.07) is 7.19. The SMILES string of the molecule is NC(CCCOc1ccccc1)C(F)(F)F. The lowest BCUT2D eigenvalue weighted by atomic mass is 10.2. The first-order valence-corrected chi connectivity index (χ1v) is 5.00. The topological polar surface area (TPSA) is 35.2 Å². The van der Waals surface area contributed by atoms with Crippen LogP contribution in [0.5, 0.6) is 5.75 Å². The Hall–Kier alpha value is -1.23. The molecule has 0 heterocycles. The fraction of sp³-hybridized carbons (Fsp3) is 0.455. The number of ether oxygens (including phenoxy) is 1. The van der Waals surface area contributed by atoms with Crippen LogP contribution in [0, 0.1) is 0 Å². The van der Waals surface area contributed by atoms with E-state index in [2.05, 4.69) is 0 Å². The van der Waals surface area contributed by atoms with Gasteiger partial charge in [0, 0.05) is 0 Å². The van der Waals surface area contributed by atoms with Crippen LogP contribution >= 0.6 is 0 Å². The highest BCUT2D eigenvalue weighted by Gasteiger charge is 2.35. The molecule has 0 amide bonds. The van der Waals surface area contributed by atoms with Crippen LogP contribution in [0.1, 0.15) is 12.8 Å². The van der Waals surface area contributed by atoms with Gasteiger partial charge in [0.1, 0.15) is 11.8 Å². The highest BCUT2D eigenvalue weighted by Crippen LogP contribution is 2.21. The van der Waals surface area contributed by atoms with E-state index in [9.17, 15) is 13.2 Å². The van der Waals surface area contributed by atoms with Crippen molar-refractivity contribution in [2.45, 2.75) is 25.1 Å². The number of nitrogens with two attached hydrogens (primary N) is 1. The summed E-state index contributed by atoms with van der Waals surface area (Å²) in [6.45, 7) is 0.244. The predicted molar refractivity (Wildman–Crippen MR) is 55.2 cm³/mol. The highest BCUT2D eigenvalue weighted by atomic mass is 19.4. The van der Waals surface area contributed by atoms with Gasteiger partial charge in [0.15, 0.2) is 0 Å². The Bertz CT molecular complexity index is 300. The molecule has 1 atom stereocenters. The molecule has 2 nitrogen and oxygen atoms in total. The van der Waals surface area contributed by atoms with E-state index in [1.807, 2.05) is 6.07 Å². The number of alkyl halides is 3. The monoisotopic (exact) mass is 233 g/mol. The van der Waals surface area contributed by atoms with Gasteiger partial charge in [0.2, 0.25) is 0 Å². The van der Waals surface area contributed by atoms with Crippen LogP contribution in [0.15, 0.2) is 30.3 Å². The molecular formula is C11H14F3NO. The number of para-hydroxylation sites is 1. The van der Waals surface area contributed by atoms with Crippen molar-refractivity contribution in [1.82, 2.24) is 0 Å². The van der Waals surface area contributed by atoms with E-state index in [4.69, 9.17) is 10.5 Å². The van der Waals surface area contributed by atoms with Gasteiger partial charge in [-0.25, -0.2) is 0 Å². The molecule has 16 heavy (non-hydrogen) atoms. The van der Waals surface area contributed by atoms with Crippen molar-refractivity contribution >= 4 is 0 Å². The summed E-state index contributed by atoms with van der Waals surface area (Å²) in [5.74, 6) is 0.656. The van der Waals surface area contributed by atoms with Crippen LogP contribution < -0.4 is 10.5 Å². The van der Waals surface area contributed by atoms with Crippen LogP contribution in [0.3, 0.4) is 0 Å². The summed E-state index contributed by atoms with van der Waals surface area (Å²) in [5.41, 5.74) is 4.95. The minimum Gasteiger partial charge on any atom is -0.494 e. The summed E-state index contributed by atoms with van der Waals surface area (Å²) >= 11 is 0. The van der Waals surface area contributed by atoms with Gasteiger partial charge in [-0.05, 0) is 25.0 Å². The first kappa shape index (κ1) is 12.8. The van der Waals surface area contributed by atoms with E-state index in [0.29, 0.717) is 5.75 Å². The molecule has 0 fully saturated rings. The Morgan fingerprint density at radius 3 is 2.38 bits per heavy atom. The van der Waals surface area contributed by atoms with Crippen molar-refractivity contribution < 1.29 is 17.9 Å². The molecule has 2 N–H and O–H groups in total. The van der Waals surface area contributed by atoms with Crippen LogP contribution in [0.25, 0.3) is 0 Å². The molecule has 0 aromatic heterocycles. The third-order valence-corrected chi connectivity index (χ3v) is 2.09. The van der Waals surface area contributed by atoms with E-state index in [0.717, 1.165) is 0 Å². The number of halogens is 3. The van der Waals surface area contributed by atoms with Gasteiger partial charge >= 0.3 is 6.18 Å². The molecular weight excluding hydrogens is 219 g/mol. The second kappa shape index (κ2) is 5.75. The van der Waals surface area contributed by atoms with Gasteiger partial charge in [0.05, 0.1) is 6.61 Å². The molecule has 0 radical (unpaired) electrons. The van der Waals surface area contributed by atoms with Crippen LogP contribution in [-0.4, -0.2) is 18.8 Å². The molecule has 0 aliphatic carbocycles. The van der Waals surface area contributed by atoms with Crippen LogP contribution in [0.2, 0.25) is 0 Å². The summed E-state index contributed by atoms with van der Waals surface area (Å²) < 4.78 is 41.3. The number of hydrogen-bond acceptors (Lipinski definition) is 2. The fourth-order valence-electron chi connectivity index (χ4n) is 1.17. The van der Waals surface area contributed by atoms with Crippen molar-refractivity contribution in [2.24, 2.45) is 5.73 Å². The molecule has 0 bridgehead atoms. The smallest absolute Gasteiger partial charge is 0.403 e. The summed E-state index contributed by atoms with van der Waals surface area (Å²) in [4.78, 5) is 0. The van der Waals surface area contributed by atoms with Crippen molar-refractivity contribution in [3.8, 4) is 5.75 Å². The normalized spacial score (nSPS) is 13.5. The van der Waals surface area contributed by atoms with Gasteiger partial charge in [0.25, 0.3) is 0 Å². The molecule has 1 rings (SSSR count). The molecule has 1 aromatic carbocycles. The molecule has 0 aliphatic heterocycles. The Labute approximate surface area is 92.2 Å². The zero-order valence-corrected chi connectivity index (χ0v) is 8.70. The van der Waals surface area contributed by atoms with Gasteiger partial charge < -0.3 is 10.5 Å². The first-order chi connectivity index (χ1) is 7.50. The molecule has 0 saturated heterocycles. The predicted octanol–water partition coefficient (Wildman–Crippen LogP) is 2.74. The first-order valence-electron chi connectivity index (χ1n) is 5.00. The minimum atomic E-state index is -4.31. The van der Waals surface area contributed by atoms with E-state index in [1.165, 1.54) is 0 Å². The zero-order chi connectivity index (χ0) is 12.0. The molecule has 1 aromatic rings. The van der Waals surface area contributed by atoms with E-state index in [1.54, 1.807) is 24.3 Å². The van der Waals surface area contributed by atoms with E-state index in [-0.39, 0.29) is 19.4 Å². The second-order valence-electron chi connectivity index (χ2n) is 3.45. The quantitative estimate of drug-likeness (QED) is 0.793. The molecule has 0 spiro atoms. The van der Waals surface area contributed by atoms with Gasteiger partial charge in [-0.1, -0.05) is 18.2 Å². The largest absolute Gasteiger partial charge is 0.494 e. The Morgan fingerprint density at radius 1 is 1.19 bits per heavy atom. The molecule has 0 aliphatic rings. The lowest BCUT2D eigenvalue weighted by Crippen LogP contribution is -2.37. The third kappa shape index (κ3) is 4.53. The Morgan fingerprint density at radius 2 is 1.81 bits per heavy atom. The summed E-state index contributed by atoms with van der Waals surface area (Å²) in [7, 11) is 0. The molecule has 90 valence electrons. The average molecular weight is 233 g/mol. The van der Waals surface area contributed by atoms with Gasteiger partial charge in [-0.3, -0.25) is 0 Å². The second-order valence-corrected chi connectivity index (χ2v) is 3.45. The van der Waals surface area contributed by atoms with Crippen molar-refractivity contribution in [2.75, 3.05) is 6.61 Å². The molecule has 0 saturated carbocycles. The molecule has 5 heteroatoms. The lowest BCUT2D eigenvalue weighted by Gasteiger charge is -2.15. The maximum Gasteiger partial charge on any atom is 0.403 e. The van der Waals surface area contributed by atoms with Crippen molar-refractivity contribution in [1.29, 1.82) is 0 Å². The van der Waals surface area contributed by atoms with Gasteiger partial charge in [-0.15, -0.1) is 0 Å². The van der Waals surface area contributed by atoms with E-state index >= 15 is 0 Å². The van der Waals surface area contributed by atoms with Crippen LogP contribution in [-0.2, 0) is 0 Å². The zero-order valence-electron chi connectivity index (χ0n) is 8.70. The number of rotatable bonds is 5. The third-order valence-electron chi connectivity index (χ3n) is 2.09. The minimum absolute atomic E-state index is 0.115.